The summed E-state index contributed by atoms with van der Waals surface area (Å²) in [6, 6.07) is 0. The average Bonchev–Trinajstić information content (AvgIpc) is 2.75. The number of carbonyl (C=O) groups is 1. The van der Waals surface area contributed by atoms with Gasteiger partial charge in [0.2, 0.25) is 5.91 Å². The van der Waals surface area contributed by atoms with E-state index in [1.807, 2.05) is 0 Å². The minimum absolute atomic E-state index is 0.148. The van der Waals surface area contributed by atoms with Crippen LogP contribution < -0.4 is 5.32 Å². The van der Waals surface area contributed by atoms with Crippen LogP contribution in [0.15, 0.2) is 0 Å². The van der Waals surface area contributed by atoms with Crippen LogP contribution in [-0.2, 0) is 14.3 Å². The molecule has 0 aromatic rings. The predicted octanol–water partition coefficient (Wildman–Crippen LogP) is -3.31. The molecule has 2 aliphatic heterocycles. The highest BCUT2D eigenvalue weighted by Crippen LogP contribution is 2.23. The smallest absolute Gasteiger partial charge is 0.222 e. The summed E-state index contributed by atoms with van der Waals surface area (Å²) in [7, 11) is 0. The van der Waals surface area contributed by atoms with E-state index in [9.17, 15) is 20.1 Å². The molecule has 0 aromatic heterocycles. The van der Waals surface area contributed by atoms with E-state index < -0.39 is 43.4 Å². The van der Waals surface area contributed by atoms with Gasteiger partial charge < -0.3 is 35.2 Å². The number of amides is 1. The van der Waals surface area contributed by atoms with E-state index in [1.54, 1.807) is 0 Å². The van der Waals surface area contributed by atoms with E-state index in [2.05, 4.69) is 5.32 Å². The summed E-state index contributed by atoms with van der Waals surface area (Å²) in [4.78, 5) is 11.0. The normalized spacial score (nSPS) is 45.0. The van der Waals surface area contributed by atoms with Crippen LogP contribution in [0.2, 0.25) is 0 Å². The number of hydrogen-bond donors (Lipinski definition) is 5. The summed E-state index contributed by atoms with van der Waals surface area (Å²) in [6.45, 7) is -0.208. The molecule has 0 unspecified atom stereocenters. The Bertz CT molecular complexity index is 311. The van der Waals surface area contributed by atoms with E-state index in [0.29, 0.717) is 6.54 Å². The third-order valence-corrected chi connectivity index (χ3v) is 3.11. The lowest BCUT2D eigenvalue weighted by atomic mass is 9.99. The van der Waals surface area contributed by atoms with Crippen molar-refractivity contribution < 1.29 is 34.7 Å². The lowest BCUT2D eigenvalue weighted by Crippen LogP contribution is -2.59. The van der Waals surface area contributed by atoms with Gasteiger partial charge in [-0.25, -0.2) is 0 Å². The molecule has 0 bridgehead atoms. The highest BCUT2D eigenvalue weighted by atomic mass is 16.7. The van der Waals surface area contributed by atoms with Crippen LogP contribution in [0.5, 0.6) is 0 Å². The number of hydrogen-bond acceptors (Lipinski definition) is 7. The Kier molecular flexibility index (Phi) is 4.15. The van der Waals surface area contributed by atoms with Gasteiger partial charge in [-0.3, -0.25) is 4.79 Å². The van der Waals surface area contributed by atoms with Crippen LogP contribution in [-0.4, -0.2) is 76.3 Å². The average molecular weight is 263 g/mol. The Balaban J connectivity index is 1.96. The molecule has 104 valence electrons. The molecule has 2 saturated heterocycles. The summed E-state index contributed by atoms with van der Waals surface area (Å²) in [6.07, 6.45) is -6.80. The van der Waals surface area contributed by atoms with E-state index in [4.69, 9.17) is 14.6 Å². The second-order valence-electron chi connectivity index (χ2n) is 4.46. The van der Waals surface area contributed by atoms with Crippen molar-refractivity contribution in [3.8, 4) is 0 Å². The zero-order valence-corrected chi connectivity index (χ0v) is 9.60. The topological polar surface area (TPSA) is 128 Å². The molecule has 0 radical (unpaired) electrons. The monoisotopic (exact) mass is 263 g/mol. The van der Waals surface area contributed by atoms with Crippen LogP contribution >= 0.6 is 0 Å². The number of aliphatic hydroxyl groups excluding tert-OH is 4. The summed E-state index contributed by atoms with van der Waals surface area (Å²) >= 11 is 0. The third kappa shape index (κ3) is 2.63. The Labute approximate surface area is 103 Å². The number of rotatable bonds is 3. The standard InChI is InChI=1S/C10H17NO7/c12-3-5-7(14)8(15)9(16)10(18-5)17-4-1-6(13)11-2-4/h4-5,7-10,12,14-16H,1-3H2,(H,11,13)/t4-,5-,7-,8+,9-,10+/m1/s1. The molecule has 6 atom stereocenters. The number of ether oxygens (including phenoxy) is 2. The minimum atomic E-state index is -1.47. The van der Waals surface area contributed by atoms with E-state index in [0.717, 1.165) is 0 Å². The van der Waals surface area contributed by atoms with Gasteiger partial charge in [-0.15, -0.1) is 0 Å². The number of aliphatic hydroxyl groups is 4. The van der Waals surface area contributed by atoms with Gasteiger partial charge in [0.25, 0.3) is 0 Å². The van der Waals surface area contributed by atoms with Gasteiger partial charge in [0.1, 0.15) is 24.4 Å². The highest BCUT2D eigenvalue weighted by Gasteiger charge is 2.45. The lowest BCUT2D eigenvalue weighted by molar-refractivity contribution is -0.309. The Morgan fingerprint density at radius 1 is 1.28 bits per heavy atom. The molecule has 8 nitrogen and oxygen atoms in total. The van der Waals surface area contributed by atoms with E-state index >= 15 is 0 Å². The Hall–Kier alpha value is -0.770. The molecule has 2 rings (SSSR count). The van der Waals surface area contributed by atoms with Gasteiger partial charge in [-0.1, -0.05) is 0 Å². The molecule has 2 fully saturated rings. The van der Waals surface area contributed by atoms with Crippen molar-refractivity contribution in [2.45, 2.75) is 43.2 Å². The van der Waals surface area contributed by atoms with Gasteiger partial charge in [0.15, 0.2) is 6.29 Å². The summed E-state index contributed by atoms with van der Waals surface area (Å²) < 4.78 is 10.5. The molecule has 2 aliphatic rings. The van der Waals surface area contributed by atoms with Crippen molar-refractivity contribution in [2.75, 3.05) is 13.2 Å². The van der Waals surface area contributed by atoms with Crippen molar-refractivity contribution in [1.29, 1.82) is 0 Å². The first kappa shape index (κ1) is 13.7. The van der Waals surface area contributed by atoms with Gasteiger partial charge in [0, 0.05) is 6.54 Å². The molecule has 5 N–H and O–H groups in total. The van der Waals surface area contributed by atoms with Crippen LogP contribution in [0.25, 0.3) is 0 Å². The summed E-state index contributed by atoms with van der Waals surface area (Å²) in [5.74, 6) is -0.162. The van der Waals surface area contributed by atoms with Crippen LogP contribution in [0.4, 0.5) is 0 Å². The third-order valence-electron chi connectivity index (χ3n) is 3.11. The Morgan fingerprint density at radius 3 is 2.56 bits per heavy atom. The first-order valence-corrected chi connectivity index (χ1v) is 5.75. The highest BCUT2D eigenvalue weighted by molar-refractivity contribution is 5.78. The van der Waals surface area contributed by atoms with Crippen molar-refractivity contribution in [2.24, 2.45) is 0 Å². The summed E-state index contributed by atoms with van der Waals surface area (Å²) in [5.41, 5.74) is 0. The van der Waals surface area contributed by atoms with Crippen molar-refractivity contribution in [1.82, 2.24) is 5.32 Å². The molecule has 0 spiro atoms. The van der Waals surface area contributed by atoms with Gasteiger partial charge in [-0.05, 0) is 0 Å². The summed E-state index contributed by atoms with van der Waals surface area (Å²) in [5, 5.41) is 40.3. The fourth-order valence-electron chi connectivity index (χ4n) is 2.04. The van der Waals surface area contributed by atoms with Crippen LogP contribution in [0.3, 0.4) is 0 Å². The van der Waals surface area contributed by atoms with Crippen LogP contribution in [0, 0.1) is 0 Å². The van der Waals surface area contributed by atoms with Crippen molar-refractivity contribution >= 4 is 5.91 Å². The fourth-order valence-corrected chi connectivity index (χ4v) is 2.04. The maximum atomic E-state index is 11.0. The molecule has 1 amide bonds. The van der Waals surface area contributed by atoms with Crippen molar-refractivity contribution in [3.05, 3.63) is 0 Å². The molecule has 0 aromatic carbocycles. The predicted molar refractivity (Wildman–Crippen MR) is 56.3 cm³/mol. The second kappa shape index (κ2) is 5.47. The SMILES string of the molecule is O=C1C[C@@H](O[C@H]2O[C@H](CO)[C@@H](O)[C@H](O)[C@H]2O)CN1. The lowest BCUT2D eigenvalue weighted by Gasteiger charge is -2.40. The number of nitrogens with one attached hydrogen (secondary N) is 1. The minimum Gasteiger partial charge on any atom is -0.394 e. The molecule has 8 heteroatoms. The molecule has 0 aliphatic carbocycles. The zero-order valence-electron chi connectivity index (χ0n) is 9.60. The molecule has 2 heterocycles. The zero-order chi connectivity index (χ0) is 13.3. The molecular formula is C10H17NO7. The first-order valence-electron chi connectivity index (χ1n) is 5.75. The first-order chi connectivity index (χ1) is 8.52. The second-order valence-corrected chi connectivity index (χ2v) is 4.46. The maximum Gasteiger partial charge on any atom is 0.222 e. The maximum absolute atomic E-state index is 11.0. The van der Waals surface area contributed by atoms with Gasteiger partial charge in [-0.2, -0.15) is 0 Å². The van der Waals surface area contributed by atoms with Gasteiger partial charge in [0.05, 0.1) is 19.1 Å². The Morgan fingerprint density at radius 2 is 2.00 bits per heavy atom. The number of carbonyl (C=O) groups excluding carboxylic acids is 1. The largest absolute Gasteiger partial charge is 0.394 e. The van der Waals surface area contributed by atoms with Gasteiger partial charge >= 0.3 is 0 Å². The molecule has 18 heavy (non-hydrogen) atoms. The fraction of sp³-hybridized carbons (Fsp3) is 0.900. The quantitative estimate of drug-likeness (QED) is 0.360. The molecule has 0 saturated carbocycles. The van der Waals surface area contributed by atoms with Crippen LogP contribution in [0.1, 0.15) is 6.42 Å². The van der Waals surface area contributed by atoms with E-state index in [1.165, 1.54) is 0 Å². The van der Waals surface area contributed by atoms with E-state index in [-0.39, 0.29) is 12.3 Å². The molecular weight excluding hydrogens is 246 g/mol. The van der Waals surface area contributed by atoms with Crippen molar-refractivity contribution in [3.63, 3.8) is 0 Å².